The molecule has 1 aromatic carbocycles. The molecule has 0 heterocycles. The zero-order valence-corrected chi connectivity index (χ0v) is 10.1. The maximum Gasteiger partial charge on any atom is 0.304 e. The van der Waals surface area contributed by atoms with Gasteiger partial charge in [0.05, 0.1) is 4.92 Å². The summed E-state index contributed by atoms with van der Waals surface area (Å²) >= 11 is 0. The third kappa shape index (κ3) is 4.11. The van der Waals surface area contributed by atoms with Crippen LogP contribution in [0.4, 0.5) is 10.1 Å². The molecule has 94 valence electrons. The maximum absolute atomic E-state index is 13.3. The Bertz CT molecular complexity index is 396. The van der Waals surface area contributed by atoms with Crippen molar-refractivity contribution in [1.29, 1.82) is 0 Å². The SMILES string of the molecule is CCCCN(C)Cc1ccc([N+](=O)[O-])c(F)c1. The molecule has 0 atom stereocenters. The van der Waals surface area contributed by atoms with Gasteiger partial charge in [-0.1, -0.05) is 19.4 Å². The van der Waals surface area contributed by atoms with Crippen LogP contribution in [-0.2, 0) is 6.54 Å². The van der Waals surface area contributed by atoms with E-state index in [2.05, 4.69) is 11.8 Å². The predicted molar refractivity (Wildman–Crippen MR) is 64.3 cm³/mol. The Labute approximate surface area is 100 Å². The monoisotopic (exact) mass is 240 g/mol. The van der Waals surface area contributed by atoms with Crippen LogP contribution < -0.4 is 0 Å². The van der Waals surface area contributed by atoms with Gasteiger partial charge in [0.2, 0.25) is 5.82 Å². The summed E-state index contributed by atoms with van der Waals surface area (Å²) in [5, 5.41) is 10.5. The summed E-state index contributed by atoms with van der Waals surface area (Å²) in [4.78, 5) is 11.8. The van der Waals surface area contributed by atoms with Gasteiger partial charge in [0.25, 0.3) is 0 Å². The molecule has 0 unspecified atom stereocenters. The van der Waals surface area contributed by atoms with Crippen LogP contribution in [0.5, 0.6) is 0 Å². The second-order valence-electron chi connectivity index (χ2n) is 4.13. The maximum atomic E-state index is 13.3. The van der Waals surface area contributed by atoms with Gasteiger partial charge in [0, 0.05) is 12.6 Å². The van der Waals surface area contributed by atoms with E-state index in [9.17, 15) is 14.5 Å². The lowest BCUT2D eigenvalue weighted by atomic mass is 10.2. The van der Waals surface area contributed by atoms with Crippen molar-refractivity contribution < 1.29 is 9.31 Å². The number of nitrogens with zero attached hydrogens (tertiary/aromatic N) is 2. The van der Waals surface area contributed by atoms with Crippen molar-refractivity contribution >= 4 is 5.69 Å². The van der Waals surface area contributed by atoms with Gasteiger partial charge in [-0.15, -0.1) is 0 Å². The third-order valence-corrected chi connectivity index (χ3v) is 2.55. The first kappa shape index (κ1) is 13.6. The van der Waals surface area contributed by atoms with Crippen LogP contribution in [0.1, 0.15) is 25.3 Å². The average molecular weight is 240 g/mol. The molecule has 1 rings (SSSR count). The fourth-order valence-electron chi connectivity index (χ4n) is 1.62. The second-order valence-corrected chi connectivity index (χ2v) is 4.13. The zero-order chi connectivity index (χ0) is 12.8. The van der Waals surface area contributed by atoms with Gasteiger partial charge in [-0.3, -0.25) is 10.1 Å². The highest BCUT2D eigenvalue weighted by Crippen LogP contribution is 2.18. The number of hydrogen-bond acceptors (Lipinski definition) is 3. The third-order valence-electron chi connectivity index (χ3n) is 2.55. The minimum atomic E-state index is -0.767. The van der Waals surface area contributed by atoms with E-state index >= 15 is 0 Å². The van der Waals surface area contributed by atoms with Gasteiger partial charge >= 0.3 is 5.69 Å². The summed E-state index contributed by atoms with van der Waals surface area (Å²) in [5.41, 5.74) is 0.289. The molecule has 0 amide bonds. The molecule has 5 heteroatoms. The molecule has 0 radical (unpaired) electrons. The molecule has 17 heavy (non-hydrogen) atoms. The van der Waals surface area contributed by atoms with Gasteiger partial charge in [0.1, 0.15) is 0 Å². The molecule has 0 saturated heterocycles. The van der Waals surface area contributed by atoms with E-state index in [1.54, 1.807) is 6.07 Å². The number of unbranched alkanes of at least 4 members (excludes halogenated alkanes) is 1. The summed E-state index contributed by atoms with van der Waals surface area (Å²) in [6.45, 7) is 3.66. The van der Waals surface area contributed by atoms with Crippen molar-refractivity contribution in [2.24, 2.45) is 0 Å². The second kappa shape index (κ2) is 6.30. The summed E-state index contributed by atoms with van der Waals surface area (Å²) in [7, 11) is 1.95. The molecule has 0 saturated carbocycles. The Hall–Kier alpha value is -1.49. The van der Waals surface area contributed by atoms with E-state index in [-0.39, 0.29) is 0 Å². The van der Waals surface area contributed by atoms with E-state index in [4.69, 9.17) is 0 Å². The number of benzene rings is 1. The number of rotatable bonds is 6. The van der Waals surface area contributed by atoms with Crippen LogP contribution in [0.25, 0.3) is 0 Å². The van der Waals surface area contributed by atoms with Gasteiger partial charge in [0.15, 0.2) is 0 Å². The van der Waals surface area contributed by atoms with Crippen LogP contribution in [0.2, 0.25) is 0 Å². The van der Waals surface area contributed by atoms with Gasteiger partial charge < -0.3 is 4.90 Å². The molecule has 0 aromatic heterocycles. The fraction of sp³-hybridized carbons (Fsp3) is 0.500. The van der Waals surface area contributed by atoms with Crippen molar-refractivity contribution in [1.82, 2.24) is 4.90 Å². The first-order valence-corrected chi connectivity index (χ1v) is 5.66. The fourth-order valence-corrected chi connectivity index (χ4v) is 1.62. The molecule has 0 aliphatic heterocycles. The molecule has 0 aliphatic carbocycles. The molecule has 0 N–H and O–H groups in total. The van der Waals surface area contributed by atoms with Crippen LogP contribution in [-0.4, -0.2) is 23.4 Å². The lowest BCUT2D eigenvalue weighted by Gasteiger charge is -2.15. The predicted octanol–water partition coefficient (Wildman–Crippen LogP) is 2.97. The largest absolute Gasteiger partial charge is 0.304 e. The lowest BCUT2D eigenvalue weighted by molar-refractivity contribution is -0.387. The number of nitro benzene ring substituents is 1. The quantitative estimate of drug-likeness (QED) is 0.567. The number of halogens is 1. The van der Waals surface area contributed by atoms with Gasteiger partial charge in [-0.25, -0.2) is 0 Å². The molecule has 0 fully saturated rings. The molecule has 0 spiro atoms. The Morgan fingerprint density at radius 2 is 2.18 bits per heavy atom. The van der Waals surface area contributed by atoms with Crippen molar-refractivity contribution in [3.05, 3.63) is 39.7 Å². The Kier molecular flexibility index (Phi) is 5.03. The smallest absolute Gasteiger partial charge is 0.302 e. The average Bonchev–Trinajstić information content (AvgIpc) is 2.26. The Morgan fingerprint density at radius 1 is 1.47 bits per heavy atom. The van der Waals surface area contributed by atoms with E-state index in [1.165, 1.54) is 12.1 Å². The van der Waals surface area contributed by atoms with Crippen molar-refractivity contribution in [2.45, 2.75) is 26.3 Å². The summed E-state index contributed by atoms with van der Waals surface area (Å²) in [5.74, 6) is -0.767. The van der Waals surface area contributed by atoms with Gasteiger partial charge in [-0.05, 0) is 31.6 Å². The van der Waals surface area contributed by atoms with E-state index < -0.39 is 16.4 Å². The normalized spacial score (nSPS) is 10.8. The molecular formula is C12H17FN2O2. The number of nitro groups is 1. The summed E-state index contributed by atoms with van der Waals surface area (Å²) in [6.07, 6.45) is 2.20. The van der Waals surface area contributed by atoms with Crippen LogP contribution in [0, 0.1) is 15.9 Å². The van der Waals surface area contributed by atoms with Crippen molar-refractivity contribution in [3.8, 4) is 0 Å². The first-order chi connectivity index (χ1) is 8.04. The number of hydrogen-bond donors (Lipinski definition) is 0. The highest BCUT2D eigenvalue weighted by molar-refractivity contribution is 5.34. The minimum Gasteiger partial charge on any atom is -0.302 e. The van der Waals surface area contributed by atoms with Crippen LogP contribution >= 0.6 is 0 Å². The topological polar surface area (TPSA) is 46.4 Å². The first-order valence-electron chi connectivity index (χ1n) is 5.66. The summed E-state index contributed by atoms with van der Waals surface area (Å²) in [6, 6.07) is 4.06. The molecule has 1 aromatic rings. The van der Waals surface area contributed by atoms with Gasteiger partial charge in [-0.2, -0.15) is 4.39 Å². The van der Waals surface area contributed by atoms with Crippen LogP contribution in [0.3, 0.4) is 0 Å². The molecule has 0 bridgehead atoms. The minimum absolute atomic E-state index is 0.468. The molecule has 0 aliphatic rings. The molecule has 4 nitrogen and oxygen atoms in total. The zero-order valence-electron chi connectivity index (χ0n) is 10.1. The highest BCUT2D eigenvalue weighted by Gasteiger charge is 2.14. The Morgan fingerprint density at radius 3 is 2.71 bits per heavy atom. The van der Waals surface area contributed by atoms with E-state index in [1.807, 2.05) is 7.05 Å². The van der Waals surface area contributed by atoms with Crippen molar-refractivity contribution in [3.63, 3.8) is 0 Å². The highest BCUT2D eigenvalue weighted by atomic mass is 19.1. The summed E-state index contributed by atoms with van der Waals surface area (Å²) < 4.78 is 13.3. The van der Waals surface area contributed by atoms with E-state index in [0.717, 1.165) is 24.9 Å². The van der Waals surface area contributed by atoms with E-state index in [0.29, 0.717) is 6.54 Å². The van der Waals surface area contributed by atoms with Crippen molar-refractivity contribution in [2.75, 3.05) is 13.6 Å². The van der Waals surface area contributed by atoms with Crippen LogP contribution in [0.15, 0.2) is 18.2 Å². The lowest BCUT2D eigenvalue weighted by Crippen LogP contribution is -2.19. The standard InChI is InChI=1S/C12H17FN2O2/c1-3-4-7-14(2)9-10-5-6-12(15(16)17)11(13)8-10/h5-6,8H,3-4,7,9H2,1-2H3. The Balaban J connectivity index is 2.67. The molecular weight excluding hydrogens is 223 g/mol.